The summed E-state index contributed by atoms with van der Waals surface area (Å²) >= 11 is 24.7. The number of hydrogen-bond donors (Lipinski definition) is 1. The number of barbiturate groups is 1. The first-order valence-electron chi connectivity index (χ1n) is 10.9. The lowest BCUT2D eigenvalue weighted by Crippen LogP contribution is -2.54. The molecule has 0 bridgehead atoms. The van der Waals surface area contributed by atoms with Crippen molar-refractivity contribution in [1.29, 1.82) is 0 Å². The highest BCUT2D eigenvalue weighted by Gasteiger charge is 2.37. The van der Waals surface area contributed by atoms with Crippen LogP contribution >= 0.6 is 46.4 Å². The predicted molar refractivity (Wildman–Crippen MR) is 144 cm³/mol. The Morgan fingerprint density at radius 2 is 1.62 bits per heavy atom. The molecular weight excluding hydrogens is 562 g/mol. The fourth-order valence-electron chi connectivity index (χ4n) is 3.52. The van der Waals surface area contributed by atoms with Gasteiger partial charge in [-0.25, -0.2) is 9.69 Å². The average Bonchev–Trinajstić information content (AvgIpc) is 2.84. The molecule has 1 aliphatic heterocycles. The lowest BCUT2D eigenvalue weighted by molar-refractivity contribution is -0.122. The van der Waals surface area contributed by atoms with E-state index in [0.29, 0.717) is 22.9 Å². The van der Waals surface area contributed by atoms with Gasteiger partial charge >= 0.3 is 6.03 Å². The summed E-state index contributed by atoms with van der Waals surface area (Å²) in [6.45, 7) is 2.23. The van der Waals surface area contributed by atoms with Crippen LogP contribution in [0.5, 0.6) is 11.5 Å². The van der Waals surface area contributed by atoms with E-state index in [9.17, 15) is 14.4 Å². The van der Waals surface area contributed by atoms with Gasteiger partial charge < -0.3 is 9.47 Å². The number of halogens is 4. The Morgan fingerprint density at radius 3 is 2.32 bits per heavy atom. The van der Waals surface area contributed by atoms with Gasteiger partial charge in [0, 0.05) is 10.6 Å². The number of hydrogen-bond acceptors (Lipinski definition) is 5. The summed E-state index contributed by atoms with van der Waals surface area (Å²) < 4.78 is 11.6. The van der Waals surface area contributed by atoms with Gasteiger partial charge in [-0.3, -0.25) is 14.9 Å². The van der Waals surface area contributed by atoms with E-state index in [0.717, 1.165) is 10.5 Å². The molecule has 0 radical (unpaired) electrons. The number of ether oxygens (including phenoxy) is 2. The van der Waals surface area contributed by atoms with E-state index in [1.54, 1.807) is 19.1 Å². The zero-order valence-electron chi connectivity index (χ0n) is 19.2. The molecule has 37 heavy (non-hydrogen) atoms. The number of anilines is 1. The van der Waals surface area contributed by atoms with E-state index in [1.165, 1.54) is 30.3 Å². The number of carbonyl (C=O) groups excluding carboxylic acids is 3. The first-order valence-corrected chi connectivity index (χ1v) is 12.4. The number of nitrogens with one attached hydrogen (secondary N) is 1. The summed E-state index contributed by atoms with van der Waals surface area (Å²) in [7, 11) is 0. The minimum atomic E-state index is -0.915. The Kier molecular flexibility index (Phi) is 8.29. The third-order valence-corrected chi connectivity index (χ3v) is 6.62. The van der Waals surface area contributed by atoms with Crippen molar-refractivity contribution < 1.29 is 23.9 Å². The fraction of sp³-hybridized carbons (Fsp3) is 0.115. The quantitative estimate of drug-likeness (QED) is 0.242. The van der Waals surface area contributed by atoms with Crippen LogP contribution in [-0.2, 0) is 16.2 Å². The van der Waals surface area contributed by atoms with Gasteiger partial charge in [0.15, 0.2) is 11.5 Å². The van der Waals surface area contributed by atoms with Gasteiger partial charge in [0.25, 0.3) is 11.8 Å². The predicted octanol–water partition coefficient (Wildman–Crippen LogP) is 6.94. The number of carbonyl (C=O) groups is 3. The lowest BCUT2D eigenvalue weighted by Gasteiger charge is -2.26. The fourth-order valence-corrected chi connectivity index (χ4v) is 4.28. The summed E-state index contributed by atoms with van der Waals surface area (Å²) in [6, 6.07) is 13.6. The second-order valence-corrected chi connectivity index (χ2v) is 9.33. The van der Waals surface area contributed by atoms with Crippen LogP contribution in [0, 0.1) is 0 Å². The lowest BCUT2D eigenvalue weighted by atomic mass is 10.1. The molecule has 190 valence electrons. The third kappa shape index (κ3) is 5.86. The molecular formula is C26H18Cl4N2O5. The molecule has 11 heteroatoms. The van der Waals surface area contributed by atoms with Gasteiger partial charge in [-0.2, -0.15) is 0 Å². The highest BCUT2D eigenvalue weighted by atomic mass is 35.5. The minimum Gasteiger partial charge on any atom is -0.490 e. The van der Waals surface area contributed by atoms with Crippen LogP contribution in [0.2, 0.25) is 20.1 Å². The largest absolute Gasteiger partial charge is 0.490 e. The summed E-state index contributed by atoms with van der Waals surface area (Å²) in [5.41, 5.74) is 0.978. The molecule has 0 aliphatic carbocycles. The molecule has 4 rings (SSSR count). The number of benzene rings is 3. The zero-order valence-corrected chi connectivity index (χ0v) is 22.2. The first kappa shape index (κ1) is 26.8. The molecule has 1 N–H and O–H groups in total. The first-order chi connectivity index (χ1) is 17.7. The van der Waals surface area contributed by atoms with Gasteiger partial charge in [-0.05, 0) is 55.0 Å². The van der Waals surface area contributed by atoms with Crippen LogP contribution in [0.15, 0.2) is 60.2 Å². The molecule has 3 aromatic carbocycles. The Hall–Kier alpha value is -3.23. The van der Waals surface area contributed by atoms with Crippen molar-refractivity contribution in [1.82, 2.24) is 5.32 Å². The molecule has 1 fully saturated rings. The molecule has 7 nitrogen and oxygen atoms in total. The Labute approximate surface area is 232 Å². The van der Waals surface area contributed by atoms with Crippen LogP contribution in [0.25, 0.3) is 6.08 Å². The van der Waals surface area contributed by atoms with E-state index in [1.807, 2.05) is 18.2 Å². The second-order valence-electron chi connectivity index (χ2n) is 7.70. The summed E-state index contributed by atoms with van der Waals surface area (Å²) in [6.07, 6.45) is 1.31. The van der Waals surface area contributed by atoms with Crippen molar-refractivity contribution in [2.24, 2.45) is 0 Å². The average molecular weight is 580 g/mol. The number of rotatable bonds is 7. The zero-order chi connectivity index (χ0) is 26.7. The summed E-state index contributed by atoms with van der Waals surface area (Å²) in [4.78, 5) is 39.0. The van der Waals surface area contributed by atoms with Crippen LogP contribution in [0.3, 0.4) is 0 Å². The minimum absolute atomic E-state index is 0.140. The molecule has 0 unspecified atom stereocenters. The summed E-state index contributed by atoms with van der Waals surface area (Å²) in [5, 5.41) is 3.27. The number of imide groups is 2. The maximum atomic E-state index is 13.2. The highest BCUT2D eigenvalue weighted by Crippen LogP contribution is 2.38. The molecule has 1 aliphatic rings. The van der Waals surface area contributed by atoms with Gasteiger partial charge in [0.2, 0.25) is 0 Å². The Bertz CT molecular complexity index is 1440. The SMILES string of the molecule is CCOc1cc(/C=C2\C(=O)NC(=O)N(c3ccc(Cl)c(Cl)c3)C2=O)cc(Cl)c1OCc1ccccc1Cl. The van der Waals surface area contributed by atoms with Gasteiger partial charge in [-0.15, -0.1) is 0 Å². The summed E-state index contributed by atoms with van der Waals surface area (Å²) in [5.74, 6) is -1.13. The molecule has 0 atom stereocenters. The molecule has 0 aromatic heterocycles. The third-order valence-electron chi connectivity index (χ3n) is 5.24. The van der Waals surface area contributed by atoms with Crippen molar-refractivity contribution in [2.75, 3.05) is 11.5 Å². The second kappa shape index (κ2) is 11.4. The van der Waals surface area contributed by atoms with Crippen molar-refractivity contribution >= 4 is 76.0 Å². The molecule has 0 spiro atoms. The van der Waals surface area contributed by atoms with Crippen LogP contribution in [-0.4, -0.2) is 24.5 Å². The van der Waals surface area contributed by atoms with Gasteiger partial charge in [-0.1, -0.05) is 64.6 Å². The molecule has 1 heterocycles. The van der Waals surface area contributed by atoms with Crippen LogP contribution < -0.4 is 19.7 Å². The monoisotopic (exact) mass is 578 g/mol. The number of amides is 4. The highest BCUT2D eigenvalue weighted by molar-refractivity contribution is 6.43. The molecule has 4 amide bonds. The van der Waals surface area contributed by atoms with Crippen molar-refractivity contribution in [3.8, 4) is 11.5 Å². The van der Waals surface area contributed by atoms with Crippen molar-refractivity contribution in [2.45, 2.75) is 13.5 Å². The Morgan fingerprint density at radius 1 is 0.865 bits per heavy atom. The number of urea groups is 1. The van der Waals surface area contributed by atoms with Gasteiger partial charge in [0.1, 0.15) is 12.2 Å². The van der Waals surface area contributed by atoms with Crippen LogP contribution in [0.1, 0.15) is 18.1 Å². The van der Waals surface area contributed by atoms with E-state index in [-0.39, 0.29) is 38.7 Å². The van der Waals surface area contributed by atoms with E-state index in [2.05, 4.69) is 5.32 Å². The van der Waals surface area contributed by atoms with E-state index in [4.69, 9.17) is 55.9 Å². The number of nitrogens with zero attached hydrogens (tertiary/aromatic N) is 1. The van der Waals surface area contributed by atoms with Gasteiger partial charge in [0.05, 0.1) is 27.4 Å². The standard InChI is InChI=1S/C26H18Cl4N2O5/c1-2-36-22-11-14(10-21(30)23(22)37-13-15-5-3-4-6-18(15)27)9-17-24(33)31-26(35)32(25(17)34)16-7-8-19(28)20(29)12-16/h3-12H,2,13H2,1H3,(H,31,33,35)/b17-9+. The molecule has 0 saturated carbocycles. The van der Waals surface area contributed by atoms with Crippen LogP contribution in [0.4, 0.5) is 10.5 Å². The van der Waals surface area contributed by atoms with Crippen molar-refractivity contribution in [3.05, 3.63) is 91.4 Å². The maximum absolute atomic E-state index is 13.2. The molecule has 3 aromatic rings. The normalized spacial score (nSPS) is 14.7. The Balaban J connectivity index is 1.67. The van der Waals surface area contributed by atoms with Crippen molar-refractivity contribution in [3.63, 3.8) is 0 Å². The smallest absolute Gasteiger partial charge is 0.335 e. The maximum Gasteiger partial charge on any atom is 0.335 e. The topological polar surface area (TPSA) is 84.9 Å². The van der Waals surface area contributed by atoms with E-state index < -0.39 is 17.8 Å². The molecule has 1 saturated heterocycles. The van der Waals surface area contributed by atoms with E-state index >= 15 is 0 Å².